The van der Waals surface area contributed by atoms with E-state index in [0.29, 0.717) is 5.56 Å². The summed E-state index contributed by atoms with van der Waals surface area (Å²) in [7, 11) is 0. The number of aromatic carboxylic acids is 1. The number of carboxylic acid groups (broad SMARTS) is 1. The molecule has 0 amide bonds. The first-order valence-corrected chi connectivity index (χ1v) is 6.16. The molecule has 0 aliphatic carbocycles. The fourth-order valence-electron chi connectivity index (χ4n) is 1.40. The van der Waals surface area contributed by atoms with Crippen LogP contribution in [0.15, 0.2) is 41.7 Å². The first kappa shape index (κ1) is 11.9. The highest BCUT2D eigenvalue weighted by Crippen LogP contribution is 2.22. The smallest absolute Gasteiger partial charge is 0.335 e. The highest BCUT2D eigenvalue weighted by Gasteiger charge is 2.12. The van der Waals surface area contributed by atoms with Crippen LogP contribution in [0.1, 0.15) is 16.8 Å². The Kier molecular flexibility index (Phi) is 3.93. The van der Waals surface area contributed by atoms with E-state index in [1.807, 2.05) is 6.07 Å². The van der Waals surface area contributed by atoms with E-state index >= 15 is 0 Å². The van der Waals surface area contributed by atoms with Gasteiger partial charge in [-0.25, -0.2) is 4.79 Å². The molecular weight excluding hydrogens is 240 g/mol. The number of thioether (sulfide) groups is 1. The Hall–Kier alpha value is -1.62. The Morgan fingerprint density at radius 3 is 2.82 bits per heavy atom. The van der Waals surface area contributed by atoms with Crippen molar-refractivity contribution in [3.63, 3.8) is 0 Å². The highest BCUT2D eigenvalue weighted by molar-refractivity contribution is 7.99. The Balaban J connectivity index is 1.82. The molecule has 1 heterocycles. The maximum atomic E-state index is 10.8. The van der Waals surface area contributed by atoms with Crippen LogP contribution < -0.4 is 0 Å². The van der Waals surface area contributed by atoms with E-state index in [4.69, 9.17) is 14.6 Å². The lowest BCUT2D eigenvalue weighted by atomic mass is 10.2. The molecule has 0 fully saturated rings. The predicted molar refractivity (Wildman–Crippen MR) is 63.8 cm³/mol. The average Bonchev–Trinajstić information content (AvgIpc) is 2.82. The monoisotopic (exact) mass is 252 g/mol. The van der Waals surface area contributed by atoms with Crippen molar-refractivity contribution in [3.8, 4) is 0 Å². The molecule has 1 aromatic rings. The summed E-state index contributed by atoms with van der Waals surface area (Å²) in [6.45, 7) is 0. The fourth-order valence-corrected chi connectivity index (χ4v) is 2.33. The van der Waals surface area contributed by atoms with Gasteiger partial charge < -0.3 is 14.6 Å². The zero-order valence-corrected chi connectivity index (χ0v) is 9.85. The largest absolute Gasteiger partial charge is 0.478 e. The van der Waals surface area contributed by atoms with Crippen LogP contribution >= 0.6 is 11.8 Å². The van der Waals surface area contributed by atoms with E-state index in [1.54, 1.807) is 30.0 Å². The van der Waals surface area contributed by atoms with Gasteiger partial charge in [0.15, 0.2) is 0 Å². The van der Waals surface area contributed by atoms with Crippen LogP contribution in [0.3, 0.4) is 0 Å². The van der Waals surface area contributed by atoms with Crippen molar-refractivity contribution in [1.82, 2.24) is 0 Å². The van der Waals surface area contributed by atoms with Crippen LogP contribution in [0.25, 0.3) is 0 Å². The number of hydrogen-bond acceptors (Lipinski definition) is 4. The van der Waals surface area contributed by atoms with Crippen molar-refractivity contribution in [1.29, 1.82) is 0 Å². The molecule has 0 atom stereocenters. The van der Waals surface area contributed by atoms with Crippen molar-refractivity contribution < 1.29 is 19.4 Å². The number of hydrogen-bond donors (Lipinski definition) is 1. The molecule has 4 nitrogen and oxygen atoms in total. The van der Waals surface area contributed by atoms with Gasteiger partial charge >= 0.3 is 5.97 Å². The summed E-state index contributed by atoms with van der Waals surface area (Å²) in [5.41, 5.74) is 0.310. The van der Waals surface area contributed by atoms with Crippen LogP contribution in [-0.4, -0.2) is 23.1 Å². The van der Waals surface area contributed by atoms with Crippen molar-refractivity contribution in [3.05, 3.63) is 42.4 Å². The number of carboxylic acids is 1. The molecule has 0 saturated carbocycles. The maximum Gasteiger partial charge on any atom is 0.335 e. The molecule has 0 saturated heterocycles. The molecule has 0 aromatic heterocycles. The van der Waals surface area contributed by atoms with Gasteiger partial charge in [0.25, 0.3) is 0 Å². The Bertz CT molecular complexity index is 422. The standard InChI is InChI=1S/C12H12O4S/c13-12(14)9-2-1-3-10(8-9)17-7-4-11-15-5-6-16-11/h1-3,5-6,8,11H,4,7H2,(H,13,14). The number of ether oxygens (including phenoxy) is 2. The number of carbonyl (C=O) groups is 1. The quantitative estimate of drug-likeness (QED) is 0.816. The van der Waals surface area contributed by atoms with Crippen LogP contribution in [0.4, 0.5) is 0 Å². The highest BCUT2D eigenvalue weighted by atomic mass is 32.2. The predicted octanol–water partition coefficient (Wildman–Crippen LogP) is 2.71. The topological polar surface area (TPSA) is 55.8 Å². The molecule has 0 radical (unpaired) electrons. The van der Waals surface area contributed by atoms with E-state index in [1.165, 1.54) is 12.5 Å². The molecule has 17 heavy (non-hydrogen) atoms. The van der Waals surface area contributed by atoms with Crippen molar-refractivity contribution in [2.75, 3.05) is 5.75 Å². The second kappa shape index (κ2) is 5.63. The van der Waals surface area contributed by atoms with E-state index in [0.717, 1.165) is 17.1 Å². The lowest BCUT2D eigenvalue weighted by molar-refractivity contribution is -0.0232. The first-order chi connectivity index (χ1) is 8.25. The molecule has 0 bridgehead atoms. The van der Waals surface area contributed by atoms with E-state index in [-0.39, 0.29) is 6.29 Å². The Morgan fingerprint density at radius 1 is 1.35 bits per heavy atom. The summed E-state index contributed by atoms with van der Waals surface area (Å²) in [4.78, 5) is 11.7. The van der Waals surface area contributed by atoms with Gasteiger partial charge in [0.05, 0.1) is 5.56 Å². The average molecular weight is 252 g/mol. The first-order valence-electron chi connectivity index (χ1n) is 5.18. The zero-order chi connectivity index (χ0) is 12.1. The molecule has 0 unspecified atom stereocenters. The lowest BCUT2D eigenvalue weighted by Gasteiger charge is -2.09. The fraction of sp³-hybridized carbons (Fsp3) is 0.250. The number of rotatable bonds is 5. The summed E-state index contributed by atoms with van der Waals surface area (Å²) in [5, 5.41) is 8.85. The van der Waals surface area contributed by atoms with Crippen LogP contribution in [0, 0.1) is 0 Å². The molecule has 1 aromatic carbocycles. The summed E-state index contributed by atoms with van der Waals surface area (Å²) in [6.07, 6.45) is 3.61. The van der Waals surface area contributed by atoms with Crippen molar-refractivity contribution in [2.45, 2.75) is 17.6 Å². The molecule has 2 rings (SSSR count). The van der Waals surface area contributed by atoms with E-state index in [9.17, 15) is 4.79 Å². The van der Waals surface area contributed by atoms with Gasteiger partial charge in [-0.2, -0.15) is 0 Å². The molecule has 1 N–H and O–H groups in total. The van der Waals surface area contributed by atoms with Gasteiger partial charge in [0.1, 0.15) is 12.5 Å². The number of benzene rings is 1. The maximum absolute atomic E-state index is 10.8. The van der Waals surface area contributed by atoms with Crippen LogP contribution in [-0.2, 0) is 9.47 Å². The Labute approximate surface area is 103 Å². The Morgan fingerprint density at radius 2 is 2.12 bits per heavy atom. The van der Waals surface area contributed by atoms with Gasteiger partial charge in [-0.05, 0) is 18.2 Å². The van der Waals surface area contributed by atoms with E-state index in [2.05, 4.69) is 0 Å². The summed E-state index contributed by atoms with van der Waals surface area (Å²) < 4.78 is 10.3. The van der Waals surface area contributed by atoms with Crippen LogP contribution in [0.5, 0.6) is 0 Å². The van der Waals surface area contributed by atoms with Crippen LogP contribution in [0.2, 0.25) is 0 Å². The van der Waals surface area contributed by atoms with E-state index < -0.39 is 5.97 Å². The van der Waals surface area contributed by atoms with Gasteiger partial charge in [0.2, 0.25) is 6.29 Å². The van der Waals surface area contributed by atoms with Crippen molar-refractivity contribution in [2.24, 2.45) is 0 Å². The third-order valence-corrected chi connectivity index (χ3v) is 3.25. The SMILES string of the molecule is O=C(O)c1cccc(SCCC2OC=CO2)c1. The minimum absolute atomic E-state index is 0.204. The minimum atomic E-state index is -0.904. The third-order valence-electron chi connectivity index (χ3n) is 2.22. The molecule has 0 spiro atoms. The molecule has 5 heteroatoms. The van der Waals surface area contributed by atoms with Gasteiger partial charge in [0, 0.05) is 17.1 Å². The van der Waals surface area contributed by atoms with Gasteiger partial charge in [-0.3, -0.25) is 0 Å². The lowest BCUT2D eigenvalue weighted by Crippen LogP contribution is -2.07. The van der Waals surface area contributed by atoms with Gasteiger partial charge in [-0.15, -0.1) is 11.8 Å². The zero-order valence-electron chi connectivity index (χ0n) is 9.04. The third kappa shape index (κ3) is 3.42. The second-order valence-electron chi connectivity index (χ2n) is 3.44. The van der Waals surface area contributed by atoms with Gasteiger partial charge in [-0.1, -0.05) is 6.07 Å². The molecular formula is C12H12O4S. The summed E-state index contributed by atoms with van der Waals surface area (Å²) in [5.74, 6) is -0.0887. The summed E-state index contributed by atoms with van der Waals surface area (Å²) >= 11 is 1.59. The normalized spacial score (nSPS) is 14.4. The second-order valence-corrected chi connectivity index (χ2v) is 4.61. The molecule has 90 valence electrons. The van der Waals surface area contributed by atoms with Crippen molar-refractivity contribution >= 4 is 17.7 Å². The minimum Gasteiger partial charge on any atom is -0.478 e. The summed E-state index contributed by atoms with van der Waals surface area (Å²) in [6, 6.07) is 6.89. The molecule has 1 aliphatic heterocycles. The molecule has 1 aliphatic rings.